The maximum absolute atomic E-state index is 12.7. The third-order valence-corrected chi connectivity index (χ3v) is 6.07. The van der Waals surface area contributed by atoms with Crippen LogP contribution in [0.25, 0.3) is 0 Å². The number of rotatable bonds is 6. The van der Waals surface area contributed by atoms with Crippen molar-refractivity contribution in [2.24, 2.45) is 0 Å². The summed E-state index contributed by atoms with van der Waals surface area (Å²) in [7, 11) is -4.24. The number of ether oxygens (including phenoxy) is 1. The topological polar surface area (TPSA) is 127 Å². The van der Waals surface area contributed by atoms with Crippen molar-refractivity contribution in [1.82, 2.24) is 4.90 Å². The van der Waals surface area contributed by atoms with Crippen molar-refractivity contribution in [3.05, 3.63) is 29.8 Å². The number of aliphatic carboxylic acids is 1. The van der Waals surface area contributed by atoms with Crippen LogP contribution < -0.4 is 0 Å². The fraction of sp³-hybridized carbons (Fsp3) is 0.550. The summed E-state index contributed by atoms with van der Waals surface area (Å²) in [6, 6.07) is 5.93. The Morgan fingerprint density at radius 3 is 2.23 bits per heavy atom. The van der Waals surface area contributed by atoms with Crippen molar-refractivity contribution in [3.8, 4) is 0 Å². The Morgan fingerprint density at radius 2 is 1.77 bits per heavy atom. The molecule has 1 fully saturated rings. The Bertz CT molecular complexity index is 933. The van der Waals surface area contributed by atoms with E-state index in [0.717, 1.165) is 10.5 Å². The van der Waals surface area contributed by atoms with Crippen LogP contribution in [0.2, 0.25) is 0 Å². The van der Waals surface area contributed by atoms with Crippen LogP contribution in [0.4, 0.5) is 4.79 Å². The van der Waals surface area contributed by atoms with Crippen molar-refractivity contribution in [2.75, 3.05) is 6.54 Å². The van der Waals surface area contributed by atoms with Gasteiger partial charge in [-0.15, -0.1) is 0 Å². The van der Waals surface area contributed by atoms with Gasteiger partial charge in [0, 0.05) is 12.8 Å². The van der Waals surface area contributed by atoms with E-state index in [4.69, 9.17) is 8.92 Å². The lowest BCUT2D eigenvalue weighted by Crippen LogP contribution is -2.59. The number of Topliss-reactive ketones (excluding diaryl/α,β-unsaturated/α-hetero) is 1. The van der Waals surface area contributed by atoms with E-state index >= 15 is 0 Å². The van der Waals surface area contributed by atoms with Crippen LogP contribution in [-0.2, 0) is 28.6 Å². The number of carboxylic acid groups (broad SMARTS) is 1. The first-order chi connectivity index (χ1) is 13.7. The van der Waals surface area contributed by atoms with E-state index in [2.05, 4.69) is 0 Å². The van der Waals surface area contributed by atoms with Gasteiger partial charge in [-0.25, -0.2) is 9.59 Å². The SMILES string of the molecule is CCC(=O)[C@]1(C(=O)O)C[C@@H](OS(=O)(=O)c2ccc(C)cc2)CN1C(=O)OC(C)(C)C. The first-order valence-corrected chi connectivity index (χ1v) is 10.9. The molecular formula is C20H27NO8S. The van der Waals surface area contributed by atoms with Crippen LogP contribution in [0, 0.1) is 6.92 Å². The molecule has 1 N–H and O–H groups in total. The minimum absolute atomic E-state index is 0.105. The van der Waals surface area contributed by atoms with Crippen molar-refractivity contribution in [3.63, 3.8) is 0 Å². The van der Waals surface area contributed by atoms with Gasteiger partial charge in [0.1, 0.15) is 5.60 Å². The minimum atomic E-state index is -4.24. The number of hydrogen-bond donors (Lipinski definition) is 1. The number of amides is 1. The predicted molar refractivity (Wildman–Crippen MR) is 106 cm³/mol. The van der Waals surface area contributed by atoms with E-state index in [9.17, 15) is 27.9 Å². The molecule has 0 bridgehead atoms. The molecular weight excluding hydrogens is 414 g/mol. The number of aryl methyl sites for hydroxylation is 1. The Hall–Kier alpha value is -2.46. The average Bonchev–Trinajstić information content (AvgIpc) is 3.00. The van der Waals surface area contributed by atoms with E-state index in [0.29, 0.717) is 0 Å². The molecule has 0 saturated carbocycles. The molecule has 0 radical (unpaired) electrons. The summed E-state index contributed by atoms with van der Waals surface area (Å²) in [6.07, 6.45) is -2.91. The summed E-state index contributed by atoms with van der Waals surface area (Å²) in [5.41, 5.74) is -2.35. The lowest BCUT2D eigenvalue weighted by atomic mass is 9.89. The van der Waals surface area contributed by atoms with Gasteiger partial charge in [0.05, 0.1) is 17.5 Å². The van der Waals surface area contributed by atoms with E-state index in [-0.39, 0.29) is 11.3 Å². The zero-order chi connectivity index (χ0) is 22.9. The van der Waals surface area contributed by atoms with Crippen LogP contribution in [-0.4, -0.2) is 60.1 Å². The second kappa shape index (κ2) is 8.35. The minimum Gasteiger partial charge on any atom is -0.479 e. The van der Waals surface area contributed by atoms with Crippen LogP contribution in [0.15, 0.2) is 29.2 Å². The van der Waals surface area contributed by atoms with Crippen molar-refractivity contribution >= 4 is 28.0 Å². The maximum Gasteiger partial charge on any atom is 0.411 e. The number of likely N-dealkylation sites (tertiary alicyclic amines) is 1. The Balaban J connectivity index is 2.40. The number of carboxylic acids is 1. The van der Waals surface area contributed by atoms with Crippen molar-refractivity contribution < 1.29 is 36.8 Å². The molecule has 1 amide bonds. The lowest BCUT2D eigenvalue weighted by molar-refractivity contribution is -0.155. The molecule has 0 unspecified atom stereocenters. The highest BCUT2D eigenvalue weighted by Gasteiger charge is 2.60. The van der Waals surface area contributed by atoms with Crippen LogP contribution in [0.3, 0.4) is 0 Å². The molecule has 1 heterocycles. The zero-order valence-electron chi connectivity index (χ0n) is 17.7. The van der Waals surface area contributed by atoms with Crippen molar-refractivity contribution in [1.29, 1.82) is 0 Å². The lowest BCUT2D eigenvalue weighted by Gasteiger charge is -2.34. The smallest absolute Gasteiger partial charge is 0.411 e. The van der Waals surface area contributed by atoms with E-state index < -0.39 is 58.2 Å². The third-order valence-electron chi connectivity index (χ3n) is 4.69. The average molecular weight is 442 g/mol. The van der Waals surface area contributed by atoms with Gasteiger partial charge < -0.3 is 9.84 Å². The van der Waals surface area contributed by atoms with Gasteiger partial charge in [-0.3, -0.25) is 13.9 Å². The quantitative estimate of drug-likeness (QED) is 0.527. The van der Waals surface area contributed by atoms with Gasteiger partial charge in [-0.1, -0.05) is 24.6 Å². The summed E-state index contributed by atoms with van der Waals surface area (Å²) in [4.78, 5) is 38.2. The van der Waals surface area contributed by atoms with Crippen molar-refractivity contribution in [2.45, 2.75) is 69.6 Å². The van der Waals surface area contributed by atoms with Gasteiger partial charge in [-0.2, -0.15) is 8.42 Å². The van der Waals surface area contributed by atoms with Gasteiger partial charge in [-0.05, 0) is 39.8 Å². The van der Waals surface area contributed by atoms with Crippen LogP contribution >= 0.6 is 0 Å². The number of hydrogen-bond acceptors (Lipinski definition) is 7. The third kappa shape index (κ3) is 4.81. The van der Waals surface area contributed by atoms with Crippen LogP contribution in [0.1, 0.15) is 46.1 Å². The van der Waals surface area contributed by atoms with E-state index in [1.807, 2.05) is 0 Å². The number of benzene rings is 1. The molecule has 1 saturated heterocycles. The zero-order valence-corrected chi connectivity index (χ0v) is 18.5. The Morgan fingerprint density at radius 1 is 1.20 bits per heavy atom. The summed E-state index contributed by atoms with van der Waals surface area (Å²) in [6.45, 7) is 7.64. The fourth-order valence-electron chi connectivity index (χ4n) is 3.29. The summed E-state index contributed by atoms with van der Waals surface area (Å²) < 4.78 is 35.8. The second-order valence-electron chi connectivity index (χ2n) is 8.22. The van der Waals surface area contributed by atoms with Crippen LogP contribution in [0.5, 0.6) is 0 Å². The summed E-state index contributed by atoms with van der Waals surface area (Å²) >= 11 is 0. The molecule has 0 spiro atoms. The molecule has 10 heteroatoms. The number of nitrogens with zero attached hydrogens (tertiary/aromatic N) is 1. The molecule has 0 aliphatic carbocycles. The number of carbonyl (C=O) groups excluding carboxylic acids is 2. The summed E-state index contributed by atoms with van der Waals surface area (Å²) in [5, 5.41) is 9.87. The highest BCUT2D eigenvalue weighted by Crippen LogP contribution is 2.36. The second-order valence-corrected chi connectivity index (χ2v) is 9.79. The molecule has 166 valence electrons. The Kier molecular flexibility index (Phi) is 6.63. The van der Waals surface area contributed by atoms with Gasteiger partial charge in [0.2, 0.25) is 5.54 Å². The normalized spacial score (nSPS) is 22.0. The van der Waals surface area contributed by atoms with Gasteiger partial charge in [0.25, 0.3) is 10.1 Å². The fourth-order valence-corrected chi connectivity index (χ4v) is 4.36. The number of ketones is 1. The molecule has 1 aliphatic rings. The first kappa shape index (κ1) is 23.8. The molecule has 1 aromatic rings. The molecule has 1 aromatic carbocycles. The first-order valence-electron chi connectivity index (χ1n) is 9.50. The molecule has 2 rings (SSSR count). The summed E-state index contributed by atoms with van der Waals surface area (Å²) in [5.74, 6) is -2.29. The van der Waals surface area contributed by atoms with E-state index in [1.54, 1.807) is 39.8 Å². The standard InChI is InChI=1S/C20H27NO8S/c1-6-16(22)20(17(23)24)11-14(12-21(20)18(25)28-19(3,4)5)29-30(26,27)15-9-7-13(2)8-10-15/h7-10,14H,6,11-12H2,1-5H3,(H,23,24)/t14-,20+/m1/s1. The highest BCUT2D eigenvalue weighted by atomic mass is 32.2. The molecule has 0 aromatic heterocycles. The monoisotopic (exact) mass is 441 g/mol. The molecule has 2 atom stereocenters. The maximum atomic E-state index is 12.7. The van der Waals surface area contributed by atoms with Gasteiger partial charge in [0.15, 0.2) is 5.78 Å². The molecule has 30 heavy (non-hydrogen) atoms. The van der Waals surface area contributed by atoms with E-state index in [1.165, 1.54) is 19.1 Å². The molecule has 9 nitrogen and oxygen atoms in total. The van der Waals surface area contributed by atoms with Gasteiger partial charge >= 0.3 is 12.1 Å². The Labute approximate surface area is 176 Å². The highest BCUT2D eigenvalue weighted by molar-refractivity contribution is 7.86. The largest absolute Gasteiger partial charge is 0.479 e. The predicted octanol–water partition coefficient (Wildman–Crippen LogP) is 2.51. The number of carbonyl (C=O) groups is 3. The molecule has 1 aliphatic heterocycles.